The van der Waals surface area contributed by atoms with Crippen LogP contribution in [0.25, 0.3) is 5.82 Å². The molecule has 1 unspecified atom stereocenters. The average Bonchev–Trinajstić information content (AvgIpc) is 3.27. The van der Waals surface area contributed by atoms with E-state index >= 15 is 0 Å². The van der Waals surface area contributed by atoms with E-state index in [9.17, 15) is 9.18 Å². The van der Waals surface area contributed by atoms with Gasteiger partial charge in [-0.25, -0.2) is 14.4 Å². The van der Waals surface area contributed by atoms with Crippen LogP contribution in [-0.2, 0) is 0 Å². The maximum absolute atomic E-state index is 14.6. The lowest BCUT2D eigenvalue weighted by Crippen LogP contribution is -2.43. The third kappa shape index (κ3) is 4.20. The van der Waals surface area contributed by atoms with E-state index in [-0.39, 0.29) is 29.3 Å². The van der Waals surface area contributed by atoms with Crippen molar-refractivity contribution in [2.24, 2.45) is 11.5 Å². The van der Waals surface area contributed by atoms with Gasteiger partial charge in [0.25, 0.3) is 5.91 Å². The number of amides is 1. The van der Waals surface area contributed by atoms with Crippen LogP contribution >= 0.6 is 0 Å². The molecule has 156 valence electrons. The Hall–Kier alpha value is -3.60. The Labute approximate surface area is 171 Å². The van der Waals surface area contributed by atoms with Crippen molar-refractivity contribution in [2.45, 2.75) is 37.8 Å². The van der Waals surface area contributed by atoms with Gasteiger partial charge in [0, 0.05) is 30.0 Å². The van der Waals surface area contributed by atoms with Gasteiger partial charge in [-0.2, -0.15) is 10.2 Å². The molecule has 0 aromatic carbocycles. The number of rotatable bonds is 6. The topological polar surface area (TPSA) is 150 Å². The predicted octanol–water partition coefficient (Wildman–Crippen LogP) is 1.72. The molecule has 11 heteroatoms. The number of nitrogens with two attached hydrogens (primary N) is 2. The van der Waals surface area contributed by atoms with Crippen molar-refractivity contribution in [3.63, 3.8) is 0 Å². The lowest BCUT2D eigenvalue weighted by atomic mass is 9.91. The standard InChI is InChI=1S/C19H22FN9O/c20-13-10-12(17(22)30)18(28-19(13)27-15-4-2-1-3-14(15)21)26-11-5-6-23-16(9-11)29-24-7-8-25-29/h5-10,14-15H,1-4,21H2,(H2,22,30)(H2,23,26,27,28)/t14-,15?/m0/s1. The number of hydrogen-bond donors (Lipinski definition) is 4. The number of anilines is 3. The highest BCUT2D eigenvalue weighted by molar-refractivity contribution is 5.98. The van der Waals surface area contributed by atoms with Gasteiger partial charge in [0.15, 0.2) is 17.5 Å². The molecule has 0 saturated heterocycles. The molecule has 0 spiro atoms. The van der Waals surface area contributed by atoms with Crippen LogP contribution in [0, 0.1) is 5.82 Å². The molecule has 3 aromatic heterocycles. The van der Waals surface area contributed by atoms with E-state index in [1.807, 2.05) is 0 Å². The van der Waals surface area contributed by atoms with Gasteiger partial charge in [0.1, 0.15) is 5.82 Å². The van der Waals surface area contributed by atoms with Crippen LogP contribution in [0.5, 0.6) is 0 Å². The summed E-state index contributed by atoms with van der Waals surface area (Å²) in [6.07, 6.45) is 8.37. The molecule has 1 amide bonds. The predicted molar refractivity (Wildman–Crippen MR) is 109 cm³/mol. The van der Waals surface area contributed by atoms with Gasteiger partial charge in [0.2, 0.25) is 0 Å². The molecule has 2 atom stereocenters. The largest absolute Gasteiger partial charge is 0.365 e. The molecule has 6 N–H and O–H groups in total. The first-order valence-electron chi connectivity index (χ1n) is 9.63. The highest BCUT2D eigenvalue weighted by Crippen LogP contribution is 2.27. The molecular weight excluding hydrogens is 389 g/mol. The van der Waals surface area contributed by atoms with Crippen molar-refractivity contribution >= 4 is 23.2 Å². The average molecular weight is 411 g/mol. The van der Waals surface area contributed by atoms with E-state index in [0.29, 0.717) is 11.5 Å². The van der Waals surface area contributed by atoms with Crippen molar-refractivity contribution in [2.75, 3.05) is 10.6 Å². The zero-order valence-electron chi connectivity index (χ0n) is 16.1. The summed E-state index contributed by atoms with van der Waals surface area (Å²) in [5.74, 6) is -0.857. The van der Waals surface area contributed by atoms with Gasteiger partial charge in [-0.3, -0.25) is 4.79 Å². The van der Waals surface area contributed by atoms with Gasteiger partial charge in [-0.1, -0.05) is 12.8 Å². The number of nitrogens with zero attached hydrogens (tertiary/aromatic N) is 5. The smallest absolute Gasteiger partial charge is 0.252 e. The number of primary amides is 1. The molecular formula is C19H22FN9O. The highest BCUT2D eigenvalue weighted by Gasteiger charge is 2.24. The fraction of sp³-hybridized carbons (Fsp3) is 0.316. The summed E-state index contributed by atoms with van der Waals surface area (Å²) in [6.45, 7) is 0. The highest BCUT2D eigenvalue weighted by atomic mass is 19.1. The second kappa shape index (κ2) is 8.41. The van der Waals surface area contributed by atoms with Gasteiger partial charge in [-0.05, 0) is 25.0 Å². The molecule has 1 saturated carbocycles. The second-order valence-corrected chi connectivity index (χ2v) is 7.12. The van der Waals surface area contributed by atoms with Crippen LogP contribution in [0.2, 0.25) is 0 Å². The number of hydrogen-bond acceptors (Lipinski definition) is 8. The van der Waals surface area contributed by atoms with E-state index < -0.39 is 11.7 Å². The van der Waals surface area contributed by atoms with E-state index in [1.165, 1.54) is 17.2 Å². The van der Waals surface area contributed by atoms with E-state index in [1.54, 1.807) is 18.3 Å². The summed E-state index contributed by atoms with van der Waals surface area (Å²) in [5.41, 5.74) is 12.1. The number of carbonyl (C=O) groups excluding carboxylic acids is 1. The van der Waals surface area contributed by atoms with Crippen molar-refractivity contribution in [1.82, 2.24) is 25.0 Å². The number of carbonyl (C=O) groups is 1. The van der Waals surface area contributed by atoms with Gasteiger partial charge in [0.05, 0.1) is 18.0 Å². The van der Waals surface area contributed by atoms with Crippen LogP contribution in [-0.4, -0.2) is 43.0 Å². The molecule has 3 heterocycles. The van der Waals surface area contributed by atoms with E-state index in [4.69, 9.17) is 11.5 Å². The quantitative estimate of drug-likeness (QED) is 0.479. The molecule has 0 aliphatic heterocycles. The molecule has 0 bridgehead atoms. The fourth-order valence-electron chi connectivity index (χ4n) is 3.46. The molecule has 3 aromatic rings. The van der Waals surface area contributed by atoms with Gasteiger partial charge in [-0.15, -0.1) is 4.80 Å². The number of pyridine rings is 2. The Morgan fingerprint density at radius 1 is 1.13 bits per heavy atom. The fourth-order valence-corrected chi connectivity index (χ4v) is 3.46. The summed E-state index contributed by atoms with van der Waals surface area (Å²) in [7, 11) is 0. The van der Waals surface area contributed by atoms with Gasteiger partial charge < -0.3 is 22.1 Å². The monoisotopic (exact) mass is 411 g/mol. The minimum atomic E-state index is -0.798. The Kier molecular flexibility index (Phi) is 5.53. The molecule has 4 rings (SSSR count). The molecule has 0 radical (unpaired) electrons. The zero-order chi connectivity index (χ0) is 21.1. The minimum absolute atomic E-state index is 0.0212. The first-order valence-corrected chi connectivity index (χ1v) is 9.63. The summed E-state index contributed by atoms with van der Waals surface area (Å²) >= 11 is 0. The van der Waals surface area contributed by atoms with Gasteiger partial charge >= 0.3 is 0 Å². The second-order valence-electron chi connectivity index (χ2n) is 7.12. The summed E-state index contributed by atoms with van der Waals surface area (Å²) in [6, 6.07) is 4.24. The maximum atomic E-state index is 14.6. The Balaban J connectivity index is 1.64. The number of halogens is 1. The molecule has 1 fully saturated rings. The van der Waals surface area contributed by atoms with Crippen LogP contribution in [0.1, 0.15) is 36.0 Å². The summed E-state index contributed by atoms with van der Waals surface area (Å²) < 4.78 is 14.6. The van der Waals surface area contributed by atoms with Crippen molar-refractivity contribution < 1.29 is 9.18 Å². The SMILES string of the molecule is NC(=O)c1cc(F)c(NC2CCCC[C@@H]2N)nc1Nc1ccnc(-n2nccn2)c1. The normalized spacial score (nSPS) is 18.7. The van der Waals surface area contributed by atoms with E-state index in [2.05, 4.69) is 30.8 Å². The van der Waals surface area contributed by atoms with Crippen molar-refractivity contribution in [1.29, 1.82) is 0 Å². The van der Waals surface area contributed by atoms with Crippen LogP contribution in [0.3, 0.4) is 0 Å². The lowest BCUT2D eigenvalue weighted by Gasteiger charge is -2.30. The lowest BCUT2D eigenvalue weighted by molar-refractivity contribution is 0.100. The molecule has 10 nitrogen and oxygen atoms in total. The van der Waals surface area contributed by atoms with Crippen LogP contribution in [0.4, 0.5) is 21.7 Å². The van der Waals surface area contributed by atoms with Crippen LogP contribution in [0.15, 0.2) is 36.8 Å². The zero-order valence-corrected chi connectivity index (χ0v) is 16.1. The third-order valence-electron chi connectivity index (χ3n) is 5.01. The number of nitrogens with one attached hydrogen (secondary N) is 2. The first kappa shape index (κ1) is 19.7. The minimum Gasteiger partial charge on any atom is -0.365 e. The maximum Gasteiger partial charge on any atom is 0.252 e. The molecule has 1 aliphatic rings. The Morgan fingerprint density at radius 2 is 1.90 bits per heavy atom. The molecule has 30 heavy (non-hydrogen) atoms. The molecule has 1 aliphatic carbocycles. The third-order valence-corrected chi connectivity index (χ3v) is 5.01. The van der Waals surface area contributed by atoms with Crippen molar-refractivity contribution in [3.8, 4) is 5.82 Å². The van der Waals surface area contributed by atoms with Crippen molar-refractivity contribution in [3.05, 3.63) is 48.2 Å². The van der Waals surface area contributed by atoms with E-state index in [0.717, 1.165) is 31.7 Å². The first-order chi connectivity index (χ1) is 14.5. The summed E-state index contributed by atoms with van der Waals surface area (Å²) in [5, 5.41) is 14.2. The Morgan fingerprint density at radius 3 is 2.63 bits per heavy atom. The number of aromatic nitrogens is 5. The van der Waals surface area contributed by atoms with Crippen LogP contribution < -0.4 is 22.1 Å². The Bertz CT molecular complexity index is 1040. The summed E-state index contributed by atoms with van der Waals surface area (Å²) in [4.78, 5) is 21.7.